The summed E-state index contributed by atoms with van der Waals surface area (Å²) in [6.07, 6.45) is 3.24. The normalized spacial score (nSPS) is 21.5. The van der Waals surface area contributed by atoms with E-state index in [1.165, 1.54) is 12.8 Å². The number of hydrogen-bond acceptors (Lipinski definition) is 2. The van der Waals surface area contributed by atoms with Crippen molar-refractivity contribution in [2.75, 3.05) is 19.8 Å². The first-order chi connectivity index (χ1) is 5.83. The topological polar surface area (TPSA) is 32.4 Å². The highest BCUT2D eigenvalue weighted by Crippen LogP contribution is 2.08. The summed E-state index contributed by atoms with van der Waals surface area (Å²) in [5.74, 6) is 0. The van der Waals surface area contributed by atoms with Crippen molar-refractivity contribution in [3.8, 4) is 0 Å². The van der Waals surface area contributed by atoms with E-state index in [-0.39, 0.29) is 0 Å². The number of hydrogen-bond donors (Lipinski definition) is 0. The third-order valence-electron chi connectivity index (χ3n) is 2.17. The first-order valence-corrected chi connectivity index (χ1v) is 4.82. The molecule has 1 atom stereocenters. The molecule has 3 heteroatoms. The molecule has 1 unspecified atom stereocenters. The minimum Gasteiger partial charge on any atom is -0.334 e. The highest BCUT2D eigenvalue weighted by atomic mass is 16.6. The summed E-state index contributed by atoms with van der Waals surface area (Å²) in [7, 11) is 0. The SMILES string of the molecule is CCCC([O])OCN1CCCC1. The largest absolute Gasteiger partial charge is 0.334 e. The van der Waals surface area contributed by atoms with Crippen molar-refractivity contribution < 1.29 is 9.84 Å². The Morgan fingerprint density at radius 1 is 1.42 bits per heavy atom. The van der Waals surface area contributed by atoms with Gasteiger partial charge >= 0.3 is 0 Å². The second-order valence-electron chi connectivity index (χ2n) is 3.34. The molecule has 1 fully saturated rings. The quantitative estimate of drug-likeness (QED) is 0.590. The summed E-state index contributed by atoms with van der Waals surface area (Å²) in [6.45, 7) is 4.73. The van der Waals surface area contributed by atoms with E-state index >= 15 is 0 Å². The lowest BCUT2D eigenvalue weighted by molar-refractivity contribution is -0.166. The fourth-order valence-corrected chi connectivity index (χ4v) is 1.42. The van der Waals surface area contributed by atoms with Crippen LogP contribution in [-0.4, -0.2) is 31.0 Å². The molecule has 1 rings (SSSR count). The fourth-order valence-electron chi connectivity index (χ4n) is 1.42. The summed E-state index contributed by atoms with van der Waals surface area (Å²) in [6, 6.07) is 0. The second kappa shape index (κ2) is 5.51. The molecule has 1 radical (unpaired) electrons. The number of nitrogens with zero attached hydrogens (tertiary/aromatic N) is 1. The zero-order valence-electron chi connectivity index (χ0n) is 7.79. The van der Waals surface area contributed by atoms with Gasteiger partial charge in [-0.25, -0.2) is 5.11 Å². The third kappa shape index (κ3) is 3.52. The van der Waals surface area contributed by atoms with Crippen LogP contribution in [0.25, 0.3) is 0 Å². The summed E-state index contributed by atoms with van der Waals surface area (Å²) < 4.78 is 5.14. The van der Waals surface area contributed by atoms with Crippen LogP contribution >= 0.6 is 0 Å². The van der Waals surface area contributed by atoms with Crippen LogP contribution in [-0.2, 0) is 9.84 Å². The predicted molar refractivity (Wildman–Crippen MR) is 46.1 cm³/mol. The minimum absolute atomic E-state index is 0.536. The maximum atomic E-state index is 11.0. The molecule has 1 aliphatic heterocycles. The summed E-state index contributed by atoms with van der Waals surface area (Å²) in [5, 5.41) is 11.0. The first-order valence-electron chi connectivity index (χ1n) is 4.82. The Bertz CT molecular complexity index is 113. The van der Waals surface area contributed by atoms with Gasteiger partial charge in [0.05, 0.1) is 0 Å². The number of likely N-dealkylation sites (tertiary alicyclic amines) is 1. The standard InChI is InChI=1S/C9H18NO2/c1-2-5-9(11)12-8-10-6-3-4-7-10/h9H,2-8H2,1H3. The lowest BCUT2D eigenvalue weighted by Crippen LogP contribution is -2.26. The Morgan fingerprint density at radius 3 is 2.67 bits per heavy atom. The van der Waals surface area contributed by atoms with Gasteiger partial charge in [0, 0.05) is 19.5 Å². The molecule has 0 amide bonds. The molecule has 0 bridgehead atoms. The molecule has 0 spiro atoms. The van der Waals surface area contributed by atoms with Gasteiger partial charge < -0.3 is 4.74 Å². The van der Waals surface area contributed by atoms with Crippen LogP contribution in [0.5, 0.6) is 0 Å². The van der Waals surface area contributed by atoms with Crippen LogP contribution in [0.4, 0.5) is 0 Å². The van der Waals surface area contributed by atoms with E-state index in [1.807, 2.05) is 6.92 Å². The number of rotatable bonds is 5. The van der Waals surface area contributed by atoms with Crippen LogP contribution in [0.3, 0.4) is 0 Å². The molecule has 0 aromatic rings. The van der Waals surface area contributed by atoms with Gasteiger partial charge in [-0.2, -0.15) is 0 Å². The van der Waals surface area contributed by atoms with Crippen LogP contribution in [0.1, 0.15) is 32.6 Å². The third-order valence-corrected chi connectivity index (χ3v) is 2.17. The Kier molecular flexibility index (Phi) is 4.58. The molecule has 0 saturated carbocycles. The van der Waals surface area contributed by atoms with Crippen molar-refractivity contribution in [3.63, 3.8) is 0 Å². The Labute approximate surface area is 74.3 Å². The van der Waals surface area contributed by atoms with Crippen molar-refractivity contribution in [3.05, 3.63) is 0 Å². The lowest BCUT2D eigenvalue weighted by atomic mass is 10.3. The van der Waals surface area contributed by atoms with Crippen LogP contribution in [0.2, 0.25) is 0 Å². The average Bonchev–Trinajstić information content (AvgIpc) is 2.53. The zero-order valence-corrected chi connectivity index (χ0v) is 7.79. The molecule has 1 aliphatic rings. The molecule has 71 valence electrons. The number of ether oxygens (including phenoxy) is 1. The maximum Gasteiger partial charge on any atom is 0.192 e. The molecule has 3 nitrogen and oxygen atoms in total. The van der Waals surface area contributed by atoms with Gasteiger partial charge in [-0.05, 0) is 12.8 Å². The van der Waals surface area contributed by atoms with E-state index in [4.69, 9.17) is 4.74 Å². The first kappa shape index (κ1) is 9.96. The van der Waals surface area contributed by atoms with Gasteiger partial charge in [-0.1, -0.05) is 13.3 Å². The molecule has 0 aromatic carbocycles. The average molecular weight is 172 g/mol. The molecule has 12 heavy (non-hydrogen) atoms. The van der Waals surface area contributed by atoms with Crippen molar-refractivity contribution in [1.82, 2.24) is 4.90 Å². The molecule has 0 aromatic heterocycles. The molecule has 1 heterocycles. The summed E-state index contributed by atoms with van der Waals surface area (Å²) in [4.78, 5) is 2.19. The van der Waals surface area contributed by atoms with E-state index in [1.54, 1.807) is 0 Å². The Balaban J connectivity index is 1.99. The van der Waals surface area contributed by atoms with Crippen LogP contribution in [0.15, 0.2) is 0 Å². The van der Waals surface area contributed by atoms with E-state index < -0.39 is 6.29 Å². The fraction of sp³-hybridized carbons (Fsp3) is 1.00. The van der Waals surface area contributed by atoms with Gasteiger partial charge in [0.2, 0.25) is 0 Å². The van der Waals surface area contributed by atoms with Crippen LogP contribution in [0, 0.1) is 0 Å². The van der Waals surface area contributed by atoms with Gasteiger partial charge in [-0.15, -0.1) is 0 Å². The van der Waals surface area contributed by atoms with E-state index in [0.717, 1.165) is 19.5 Å². The lowest BCUT2D eigenvalue weighted by Gasteiger charge is -2.16. The zero-order chi connectivity index (χ0) is 8.81. The highest BCUT2D eigenvalue weighted by molar-refractivity contribution is 4.62. The van der Waals surface area contributed by atoms with Gasteiger partial charge in [0.25, 0.3) is 0 Å². The molecular weight excluding hydrogens is 154 g/mol. The van der Waals surface area contributed by atoms with Gasteiger partial charge in [-0.3, -0.25) is 4.90 Å². The highest BCUT2D eigenvalue weighted by Gasteiger charge is 2.13. The predicted octanol–water partition coefficient (Wildman–Crippen LogP) is 1.61. The molecular formula is C9H18NO2. The van der Waals surface area contributed by atoms with Crippen molar-refractivity contribution in [1.29, 1.82) is 0 Å². The molecule has 0 aliphatic carbocycles. The molecule has 0 N–H and O–H groups in total. The summed E-state index contributed by atoms with van der Waals surface area (Å²) in [5.41, 5.74) is 0. The van der Waals surface area contributed by atoms with Crippen molar-refractivity contribution in [2.45, 2.75) is 38.9 Å². The Hall–Kier alpha value is -0.120. The molecule has 1 saturated heterocycles. The van der Waals surface area contributed by atoms with Crippen LogP contribution < -0.4 is 0 Å². The monoisotopic (exact) mass is 172 g/mol. The van der Waals surface area contributed by atoms with E-state index in [2.05, 4.69) is 4.90 Å². The van der Waals surface area contributed by atoms with Gasteiger partial charge in [0.1, 0.15) is 6.73 Å². The summed E-state index contributed by atoms with van der Waals surface area (Å²) >= 11 is 0. The minimum atomic E-state index is -0.810. The van der Waals surface area contributed by atoms with Crippen molar-refractivity contribution in [2.24, 2.45) is 0 Å². The smallest absolute Gasteiger partial charge is 0.192 e. The van der Waals surface area contributed by atoms with Gasteiger partial charge in [0.15, 0.2) is 6.29 Å². The second-order valence-corrected chi connectivity index (χ2v) is 3.34. The van der Waals surface area contributed by atoms with E-state index in [9.17, 15) is 5.11 Å². The van der Waals surface area contributed by atoms with Crippen molar-refractivity contribution >= 4 is 0 Å². The van der Waals surface area contributed by atoms with E-state index in [0.29, 0.717) is 13.2 Å². The maximum absolute atomic E-state index is 11.0. The Morgan fingerprint density at radius 2 is 2.08 bits per heavy atom.